The smallest absolute Gasteiger partial charge is 0.328 e. The second kappa shape index (κ2) is 6.16. The van der Waals surface area contributed by atoms with Crippen LogP contribution in [-0.2, 0) is 14.3 Å². The molecule has 2 rings (SSSR count). The lowest BCUT2D eigenvalue weighted by Gasteiger charge is -2.34. The number of carboxylic acids is 1. The number of morpholine rings is 1. The molecule has 1 atom stereocenters. The van der Waals surface area contributed by atoms with Crippen molar-refractivity contribution in [1.82, 2.24) is 10.2 Å². The Kier molecular flexibility index (Phi) is 4.55. The largest absolute Gasteiger partial charge is 0.478 e. The van der Waals surface area contributed by atoms with Crippen LogP contribution in [0.5, 0.6) is 0 Å². The maximum atomic E-state index is 12.1. The van der Waals surface area contributed by atoms with Gasteiger partial charge in [-0.1, -0.05) is 5.57 Å². The molecule has 0 aromatic heterocycles. The Labute approximate surface area is 112 Å². The predicted molar refractivity (Wildman–Crippen MR) is 68.7 cm³/mol. The maximum Gasteiger partial charge on any atom is 0.328 e. The number of hydrogen-bond donors (Lipinski definition) is 2. The number of carboxylic acid groups (broad SMARTS) is 1. The van der Waals surface area contributed by atoms with Crippen LogP contribution in [0.15, 0.2) is 11.6 Å². The summed E-state index contributed by atoms with van der Waals surface area (Å²) in [5, 5.41) is 11.7. The Morgan fingerprint density at radius 1 is 1.47 bits per heavy atom. The second-order valence-corrected chi connectivity index (χ2v) is 5.17. The lowest BCUT2D eigenvalue weighted by molar-refractivity contribution is -0.132. The summed E-state index contributed by atoms with van der Waals surface area (Å²) in [4.78, 5) is 24.7. The van der Waals surface area contributed by atoms with Crippen molar-refractivity contribution in [3.05, 3.63) is 11.6 Å². The molecule has 2 aliphatic rings. The van der Waals surface area contributed by atoms with Crippen LogP contribution < -0.4 is 5.32 Å². The Balaban J connectivity index is 1.94. The normalized spacial score (nSPS) is 25.1. The van der Waals surface area contributed by atoms with Gasteiger partial charge in [-0.2, -0.15) is 0 Å². The molecule has 1 saturated heterocycles. The van der Waals surface area contributed by atoms with Gasteiger partial charge in [-0.25, -0.2) is 4.79 Å². The van der Waals surface area contributed by atoms with Gasteiger partial charge in [0.25, 0.3) is 0 Å². The first kappa shape index (κ1) is 14.0. The van der Waals surface area contributed by atoms with Crippen molar-refractivity contribution in [3.63, 3.8) is 0 Å². The van der Waals surface area contributed by atoms with Gasteiger partial charge in [-0.15, -0.1) is 0 Å². The molecular formula is C13H20N2O4. The Morgan fingerprint density at radius 2 is 2.21 bits per heavy atom. The topological polar surface area (TPSA) is 78.9 Å². The van der Waals surface area contributed by atoms with Gasteiger partial charge >= 0.3 is 5.97 Å². The van der Waals surface area contributed by atoms with Gasteiger partial charge < -0.3 is 15.2 Å². The molecule has 6 nitrogen and oxygen atoms in total. The van der Waals surface area contributed by atoms with Crippen LogP contribution in [0.2, 0.25) is 0 Å². The maximum absolute atomic E-state index is 12.1. The molecule has 19 heavy (non-hydrogen) atoms. The summed E-state index contributed by atoms with van der Waals surface area (Å²) in [5.41, 5.74) is 0.735. The van der Waals surface area contributed by atoms with Crippen LogP contribution in [-0.4, -0.2) is 60.3 Å². The van der Waals surface area contributed by atoms with E-state index < -0.39 is 5.97 Å². The van der Waals surface area contributed by atoms with Gasteiger partial charge in [0.1, 0.15) is 6.04 Å². The quantitative estimate of drug-likeness (QED) is 0.686. The molecule has 1 heterocycles. The second-order valence-electron chi connectivity index (χ2n) is 5.17. The zero-order chi connectivity index (χ0) is 13.8. The van der Waals surface area contributed by atoms with E-state index in [1.54, 1.807) is 6.92 Å². The number of nitrogens with zero attached hydrogens (tertiary/aromatic N) is 1. The van der Waals surface area contributed by atoms with Crippen molar-refractivity contribution in [2.75, 3.05) is 26.3 Å². The summed E-state index contributed by atoms with van der Waals surface area (Å²) in [6.45, 7) is 3.85. The first-order valence-corrected chi connectivity index (χ1v) is 6.58. The van der Waals surface area contributed by atoms with Crippen LogP contribution in [0.25, 0.3) is 0 Å². The molecule has 2 N–H and O–H groups in total. The summed E-state index contributed by atoms with van der Waals surface area (Å²) in [5.74, 6) is -0.963. The van der Waals surface area contributed by atoms with Crippen LogP contribution in [0.4, 0.5) is 0 Å². The van der Waals surface area contributed by atoms with Gasteiger partial charge in [0.15, 0.2) is 0 Å². The van der Waals surface area contributed by atoms with E-state index in [0.717, 1.165) is 18.4 Å². The molecule has 1 saturated carbocycles. The van der Waals surface area contributed by atoms with Crippen molar-refractivity contribution >= 4 is 11.9 Å². The average molecular weight is 268 g/mol. The summed E-state index contributed by atoms with van der Waals surface area (Å²) in [6, 6.07) is 0.0124. The van der Waals surface area contributed by atoms with Crippen LogP contribution in [0, 0.1) is 0 Å². The fraction of sp³-hybridized carbons (Fsp3) is 0.692. The summed E-state index contributed by atoms with van der Waals surface area (Å²) in [7, 11) is 0. The monoisotopic (exact) mass is 268 g/mol. The van der Waals surface area contributed by atoms with E-state index in [2.05, 4.69) is 5.32 Å². The lowest BCUT2D eigenvalue weighted by Crippen LogP contribution is -2.54. The highest BCUT2D eigenvalue weighted by molar-refractivity contribution is 5.83. The Bertz CT molecular complexity index is 390. The van der Waals surface area contributed by atoms with E-state index in [9.17, 15) is 9.59 Å². The van der Waals surface area contributed by atoms with E-state index in [1.807, 2.05) is 4.90 Å². The molecule has 1 aliphatic heterocycles. The molecule has 0 aromatic rings. The minimum Gasteiger partial charge on any atom is -0.478 e. The zero-order valence-corrected chi connectivity index (χ0v) is 11.1. The number of carbonyl (C=O) groups excluding carboxylic acids is 1. The molecule has 0 aromatic carbocycles. The van der Waals surface area contributed by atoms with Crippen molar-refractivity contribution in [2.45, 2.75) is 31.8 Å². The highest BCUT2D eigenvalue weighted by atomic mass is 16.5. The minimum atomic E-state index is -0.954. The predicted octanol–water partition coefficient (Wildman–Crippen LogP) is -0.00330. The third kappa shape index (κ3) is 4.33. The van der Waals surface area contributed by atoms with Crippen LogP contribution in [0.1, 0.15) is 19.8 Å². The molecule has 106 valence electrons. The summed E-state index contributed by atoms with van der Waals surface area (Å²) < 4.78 is 5.36. The van der Waals surface area contributed by atoms with Gasteiger partial charge in [-0.05, 0) is 19.8 Å². The number of nitrogens with one attached hydrogen (secondary N) is 1. The lowest BCUT2D eigenvalue weighted by atomic mass is 10.1. The number of rotatable bonds is 5. The third-order valence-corrected chi connectivity index (χ3v) is 3.29. The highest BCUT2D eigenvalue weighted by Crippen LogP contribution is 2.20. The number of hydrogen-bond acceptors (Lipinski definition) is 4. The van der Waals surface area contributed by atoms with E-state index in [1.165, 1.54) is 6.08 Å². The minimum absolute atomic E-state index is 0.00896. The molecule has 1 unspecified atom stereocenters. The molecular weight excluding hydrogens is 248 g/mol. The van der Waals surface area contributed by atoms with Gasteiger partial charge in [0.2, 0.25) is 5.91 Å². The van der Waals surface area contributed by atoms with Crippen molar-refractivity contribution in [2.24, 2.45) is 0 Å². The molecule has 0 bridgehead atoms. The fourth-order valence-corrected chi connectivity index (χ4v) is 2.17. The van der Waals surface area contributed by atoms with E-state index in [-0.39, 0.29) is 11.9 Å². The Morgan fingerprint density at radius 3 is 2.84 bits per heavy atom. The van der Waals surface area contributed by atoms with E-state index in [4.69, 9.17) is 9.84 Å². The average Bonchev–Trinajstić information content (AvgIpc) is 3.12. The molecule has 1 aliphatic carbocycles. The molecule has 0 spiro atoms. The molecule has 6 heteroatoms. The molecule has 0 radical (unpaired) electrons. The number of amides is 1. The number of ether oxygens (including phenoxy) is 1. The van der Waals surface area contributed by atoms with Crippen LogP contribution in [0.3, 0.4) is 0 Å². The fourth-order valence-electron chi connectivity index (χ4n) is 2.17. The first-order chi connectivity index (χ1) is 9.06. The summed E-state index contributed by atoms with van der Waals surface area (Å²) in [6.07, 6.45) is 3.29. The van der Waals surface area contributed by atoms with Crippen LogP contribution >= 0.6 is 0 Å². The standard InChI is InChI=1S/C13H20N2O4/c1-9(6-12(16)17)7-15-4-5-19-8-11(15)13(18)14-10-2-3-10/h6,10-11H,2-5,7-8H2,1H3,(H,14,18)(H,16,17). The molecule has 1 amide bonds. The van der Waals surface area contributed by atoms with Crippen molar-refractivity contribution in [3.8, 4) is 0 Å². The van der Waals surface area contributed by atoms with Gasteiger partial charge in [0, 0.05) is 25.2 Å². The number of carbonyl (C=O) groups is 2. The summed E-state index contributed by atoms with van der Waals surface area (Å²) >= 11 is 0. The highest BCUT2D eigenvalue weighted by Gasteiger charge is 2.33. The van der Waals surface area contributed by atoms with Crippen molar-refractivity contribution in [1.29, 1.82) is 0 Å². The SMILES string of the molecule is CC(=CC(=O)O)CN1CCOCC1C(=O)NC1CC1. The van der Waals surface area contributed by atoms with Crippen molar-refractivity contribution < 1.29 is 19.4 Å². The van der Waals surface area contributed by atoms with E-state index in [0.29, 0.717) is 32.3 Å². The van der Waals surface area contributed by atoms with Gasteiger partial charge in [0.05, 0.1) is 13.2 Å². The van der Waals surface area contributed by atoms with E-state index >= 15 is 0 Å². The first-order valence-electron chi connectivity index (χ1n) is 6.58. The zero-order valence-electron chi connectivity index (χ0n) is 11.1. The third-order valence-electron chi connectivity index (χ3n) is 3.29. The number of aliphatic carboxylic acids is 1. The molecule has 2 fully saturated rings. The Hall–Kier alpha value is -1.40. The van der Waals surface area contributed by atoms with Gasteiger partial charge in [-0.3, -0.25) is 9.69 Å².